The predicted molar refractivity (Wildman–Crippen MR) is 135 cm³/mol. The summed E-state index contributed by atoms with van der Waals surface area (Å²) in [6.45, 7) is 0.118. The van der Waals surface area contributed by atoms with Gasteiger partial charge in [0.25, 0.3) is 0 Å². The van der Waals surface area contributed by atoms with Crippen molar-refractivity contribution in [2.24, 2.45) is 0 Å². The highest BCUT2D eigenvalue weighted by Gasteiger charge is 2.37. The van der Waals surface area contributed by atoms with Crippen LogP contribution in [0, 0.1) is 0 Å². The lowest BCUT2D eigenvalue weighted by atomic mass is 9.84. The maximum atomic E-state index is 14.2. The van der Waals surface area contributed by atoms with Gasteiger partial charge in [-0.3, -0.25) is 4.79 Å². The Hall–Kier alpha value is -3.52. The summed E-state index contributed by atoms with van der Waals surface area (Å²) in [6, 6.07) is 25.1. The standard InChI is InChI=1S/C28H22BrF3N2O2/c1-33-23-8-4-2-6-21(23)26(22-7-3-5-9-24(22)33)27(35)34(16-18-10-12-19(29)13-11-18)17-20-14-15-25(36-20)28(30,31)32/h2-15,26H,16-17H2,1H3. The maximum Gasteiger partial charge on any atom is 0.449 e. The van der Waals surface area contributed by atoms with E-state index < -0.39 is 17.9 Å². The number of benzene rings is 3. The van der Waals surface area contributed by atoms with E-state index >= 15 is 0 Å². The van der Waals surface area contributed by atoms with Crippen LogP contribution in [0.15, 0.2) is 93.8 Å². The van der Waals surface area contributed by atoms with Crippen LogP contribution < -0.4 is 4.90 Å². The number of alkyl halides is 3. The summed E-state index contributed by atoms with van der Waals surface area (Å²) in [7, 11) is 1.96. The first-order chi connectivity index (χ1) is 17.2. The molecule has 0 radical (unpaired) electrons. The normalized spacial score (nSPS) is 13.3. The molecular formula is C28H22BrF3N2O2. The van der Waals surface area contributed by atoms with E-state index in [9.17, 15) is 18.0 Å². The Bertz CT molecular complexity index is 1350. The van der Waals surface area contributed by atoms with Gasteiger partial charge in [-0.1, -0.05) is 64.5 Å². The van der Waals surface area contributed by atoms with Crippen LogP contribution in [-0.2, 0) is 24.1 Å². The fraction of sp³-hybridized carbons (Fsp3) is 0.179. The van der Waals surface area contributed by atoms with Crippen molar-refractivity contribution in [2.45, 2.75) is 25.2 Å². The number of fused-ring (bicyclic) bond motifs is 2. The molecule has 1 amide bonds. The average molecular weight is 555 g/mol. The minimum atomic E-state index is -4.59. The summed E-state index contributed by atoms with van der Waals surface area (Å²) in [6.07, 6.45) is -4.59. The number of nitrogens with zero attached hydrogens (tertiary/aromatic N) is 2. The third kappa shape index (κ3) is 4.65. The van der Waals surface area contributed by atoms with E-state index in [0.717, 1.165) is 38.6 Å². The van der Waals surface area contributed by atoms with Crippen LogP contribution in [-0.4, -0.2) is 17.9 Å². The molecule has 2 heterocycles. The van der Waals surface area contributed by atoms with Crippen molar-refractivity contribution in [3.63, 3.8) is 0 Å². The van der Waals surface area contributed by atoms with Gasteiger partial charge in [0.05, 0.1) is 12.5 Å². The Morgan fingerprint density at radius 1 is 0.889 bits per heavy atom. The second kappa shape index (κ2) is 9.50. The summed E-state index contributed by atoms with van der Waals surface area (Å²) in [5.74, 6) is -1.83. The van der Waals surface area contributed by atoms with Gasteiger partial charge in [0.15, 0.2) is 0 Å². The molecule has 3 aromatic carbocycles. The van der Waals surface area contributed by atoms with E-state index in [1.807, 2.05) is 79.8 Å². The molecule has 0 N–H and O–H groups in total. The molecule has 1 aliphatic rings. The van der Waals surface area contributed by atoms with Gasteiger partial charge in [0.2, 0.25) is 11.7 Å². The molecule has 184 valence electrons. The number of halogens is 4. The fourth-order valence-electron chi connectivity index (χ4n) is 4.65. The molecule has 1 aromatic heterocycles. The monoisotopic (exact) mass is 554 g/mol. The topological polar surface area (TPSA) is 36.7 Å². The highest BCUT2D eigenvalue weighted by molar-refractivity contribution is 9.10. The molecule has 0 fully saturated rings. The van der Waals surface area contributed by atoms with Crippen LogP contribution in [0.3, 0.4) is 0 Å². The molecule has 8 heteroatoms. The van der Waals surface area contributed by atoms with Crippen LogP contribution in [0.4, 0.5) is 24.5 Å². The van der Waals surface area contributed by atoms with Gasteiger partial charge in [0.1, 0.15) is 5.76 Å². The molecule has 0 aliphatic carbocycles. The summed E-state index contributed by atoms with van der Waals surface area (Å²) in [5.41, 5.74) is 4.37. The van der Waals surface area contributed by atoms with Gasteiger partial charge in [0, 0.05) is 29.4 Å². The molecule has 0 saturated carbocycles. The molecule has 4 nitrogen and oxygen atoms in total. The van der Waals surface area contributed by atoms with Crippen LogP contribution in [0.25, 0.3) is 0 Å². The van der Waals surface area contributed by atoms with Gasteiger partial charge in [-0.15, -0.1) is 0 Å². The van der Waals surface area contributed by atoms with Gasteiger partial charge >= 0.3 is 6.18 Å². The lowest BCUT2D eigenvalue weighted by molar-refractivity contribution is -0.153. The minimum Gasteiger partial charge on any atom is -0.455 e. The Morgan fingerprint density at radius 2 is 1.47 bits per heavy atom. The number of anilines is 2. The van der Waals surface area contributed by atoms with Crippen molar-refractivity contribution in [1.29, 1.82) is 0 Å². The number of hydrogen-bond acceptors (Lipinski definition) is 3. The van der Waals surface area contributed by atoms with Crippen molar-refractivity contribution in [1.82, 2.24) is 4.90 Å². The Morgan fingerprint density at radius 3 is 2.03 bits per heavy atom. The van der Waals surface area contributed by atoms with Crippen LogP contribution in [0.1, 0.15) is 34.1 Å². The van der Waals surface area contributed by atoms with E-state index in [1.165, 1.54) is 6.07 Å². The lowest BCUT2D eigenvalue weighted by Crippen LogP contribution is -2.37. The van der Waals surface area contributed by atoms with Crippen molar-refractivity contribution in [3.8, 4) is 0 Å². The number of carbonyl (C=O) groups excluding carboxylic acids is 1. The summed E-state index contributed by atoms with van der Waals surface area (Å²) < 4.78 is 45.5. The van der Waals surface area contributed by atoms with Gasteiger partial charge in [-0.05, 0) is 53.1 Å². The van der Waals surface area contributed by atoms with Crippen molar-refractivity contribution < 1.29 is 22.4 Å². The van der Waals surface area contributed by atoms with E-state index in [4.69, 9.17) is 4.42 Å². The molecule has 0 saturated heterocycles. The number of carbonyl (C=O) groups is 1. The molecule has 0 bridgehead atoms. The molecule has 36 heavy (non-hydrogen) atoms. The zero-order chi connectivity index (χ0) is 25.4. The number of rotatable bonds is 5. The smallest absolute Gasteiger partial charge is 0.449 e. The highest BCUT2D eigenvalue weighted by atomic mass is 79.9. The molecule has 0 atom stereocenters. The fourth-order valence-corrected chi connectivity index (χ4v) is 4.91. The maximum absolute atomic E-state index is 14.2. The third-order valence-corrected chi connectivity index (χ3v) is 6.88. The van der Waals surface area contributed by atoms with E-state index in [0.29, 0.717) is 0 Å². The van der Waals surface area contributed by atoms with E-state index in [2.05, 4.69) is 20.8 Å². The van der Waals surface area contributed by atoms with Crippen LogP contribution in [0.2, 0.25) is 0 Å². The largest absolute Gasteiger partial charge is 0.455 e. The molecule has 1 aliphatic heterocycles. The van der Waals surface area contributed by atoms with Crippen LogP contribution in [0.5, 0.6) is 0 Å². The van der Waals surface area contributed by atoms with Crippen molar-refractivity contribution >= 4 is 33.2 Å². The Balaban J connectivity index is 1.56. The lowest BCUT2D eigenvalue weighted by Gasteiger charge is -2.37. The zero-order valence-electron chi connectivity index (χ0n) is 19.3. The van der Waals surface area contributed by atoms with Gasteiger partial charge in [-0.2, -0.15) is 13.2 Å². The summed E-state index contributed by atoms with van der Waals surface area (Å²) in [5, 5.41) is 0. The first-order valence-corrected chi connectivity index (χ1v) is 12.1. The first-order valence-electron chi connectivity index (χ1n) is 11.3. The number of amides is 1. The molecule has 0 unspecified atom stereocenters. The average Bonchev–Trinajstić information content (AvgIpc) is 3.34. The third-order valence-electron chi connectivity index (χ3n) is 6.35. The second-order valence-corrected chi connectivity index (χ2v) is 9.61. The summed E-state index contributed by atoms with van der Waals surface area (Å²) in [4.78, 5) is 17.9. The molecule has 4 aromatic rings. The SMILES string of the molecule is CN1c2ccccc2C(C(=O)N(Cc2ccc(Br)cc2)Cc2ccc(C(F)(F)F)o2)c2ccccc21. The van der Waals surface area contributed by atoms with Gasteiger partial charge < -0.3 is 14.2 Å². The Labute approximate surface area is 215 Å². The molecule has 0 spiro atoms. The Kier molecular flexibility index (Phi) is 6.38. The summed E-state index contributed by atoms with van der Waals surface area (Å²) >= 11 is 3.41. The highest BCUT2D eigenvalue weighted by Crippen LogP contribution is 2.45. The van der Waals surface area contributed by atoms with Crippen LogP contribution >= 0.6 is 15.9 Å². The molecular weight excluding hydrogens is 533 g/mol. The van der Waals surface area contributed by atoms with E-state index in [1.54, 1.807) is 4.90 Å². The number of para-hydroxylation sites is 2. The van der Waals surface area contributed by atoms with E-state index in [-0.39, 0.29) is 24.8 Å². The first kappa shape index (κ1) is 24.2. The minimum absolute atomic E-state index is 0.0716. The number of hydrogen-bond donors (Lipinski definition) is 0. The van der Waals surface area contributed by atoms with Gasteiger partial charge in [-0.25, -0.2) is 0 Å². The van der Waals surface area contributed by atoms with Crippen molar-refractivity contribution in [3.05, 3.63) is 118 Å². The quantitative estimate of drug-likeness (QED) is 0.256. The zero-order valence-corrected chi connectivity index (χ0v) is 20.9. The van der Waals surface area contributed by atoms with Crippen molar-refractivity contribution in [2.75, 3.05) is 11.9 Å². The predicted octanol–water partition coefficient (Wildman–Crippen LogP) is 7.50. The second-order valence-electron chi connectivity index (χ2n) is 8.69. The number of furan rings is 1. The molecule has 5 rings (SSSR count).